The Hall–Kier alpha value is -3.78. The average molecular weight is 490 g/mol. The molecular formula is C27H27N3O4S. The molecule has 1 atom stereocenters. The normalized spacial score (nSPS) is 16.4. The van der Waals surface area contributed by atoms with E-state index in [1.165, 1.54) is 11.8 Å². The third kappa shape index (κ3) is 6.22. The van der Waals surface area contributed by atoms with Gasteiger partial charge in [-0.2, -0.15) is 0 Å². The highest BCUT2D eigenvalue weighted by Crippen LogP contribution is 2.33. The third-order valence-corrected chi connectivity index (χ3v) is 6.68. The number of thioether (sulfide) groups is 1. The zero-order valence-corrected chi connectivity index (χ0v) is 20.5. The third-order valence-electron chi connectivity index (χ3n) is 5.50. The number of amides is 2. The summed E-state index contributed by atoms with van der Waals surface area (Å²) in [5.41, 5.74) is 2.47. The van der Waals surface area contributed by atoms with Crippen LogP contribution in [0.3, 0.4) is 0 Å². The number of methoxy groups -OCH3 is 2. The molecule has 1 fully saturated rings. The van der Waals surface area contributed by atoms with Crippen molar-refractivity contribution in [3.05, 3.63) is 84.4 Å². The van der Waals surface area contributed by atoms with Crippen molar-refractivity contribution in [1.82, 2.24) is 4.90 Å². The molecule has 0 radical (unpaired) electrons. The van der Waals surface area contributed by atoms with Crippen LogP contribution in [0.1, 0.15) is 12.0 Å². The van der Waals surface area contributed by atoms with E-state index in [1.807, 2.05) is 78.9 Å². The van der Waals surface area contributed by atoms with Gasteiger partial charge in [-0.1, -0.05) is 54.2 Å². The van der Waals surface area contributed by atoms with Crippen molar-refractivity contribution < 1.29 is 19.1 Å². The minimum absolute atomic E-state index is 0.0685. The summed E-state index contributed by atoms with van der Waals surface area (Å²) in [4.78, 5) is 32.4. The first-order valence-electron chi connectivity index (χ1n) is 11.2. The molecule has 2 amide bonds. The van der Waals surface area contributed by atoms with Crippen LogP contribution in [0.5, 0.6) is 11.5 Å². The van der Waals surface area contributed by atoms with Gasteiger partial charge in [0.05, 0.1) is 19.9 Å². The molecule has 1 N–H and O–H groups in total. The second-order valence-corrected chi connectivity index (χ2v) is 9.05. The Kier molecular flexibility index (Phi) is 8.05. The van der Waals surface area contributed by atoms with E-state index in [0.717, 1.165) is 11.3 Å². The first-order valence-corrected chi connectivity index (χ1v) is 12.1. The number of anilines is 1. The molecule has 0 aliphatic carbocycles. The van der Waals surface area contributed by atoms with Gasteiger partial charge in [0, 0.05) is 18.7 Å². The average Bonchev–Trinajstić information content (AvgIpc) is 3.16. The van der Waals surface area contributed by atoms with Gasteiger partial charge in [0.25, 0.3) is 0 Å². The number of hydrogen-bond donors (Lipinski definition) is 1. The number of ether oxygens (including phenoxy) is 2. The van der Waals surface area contributed by atoms with Crippen LogP contribution in [0.4, 0.5) is 11.4 Å². The van der Waals surface area contributed by atoms with Gasteiger partial charge < -0.3 is 14.8 Å². The minimum atomic E-state index is -0.536. The topological polar surface area (TPSA) is 80.2 Å². The Morgan fingerprint density at radius 1 is 0.971 bits per heavy atom. The summed E-state index contributed by atoms with van der Waals surface area (Å²) in [6.45, 7) is 0.434. The van der Waals surface area contributed by atoms with Crippen molar-refractivity contribution in [3.63, 3.8) is 0 Å². The summed E-state index contributed by atoms with van der Waals surface area (Å²) in [5, 5.41) is 2.92. The lowest BCUT2D eigenvalue weighted by atomic mass is 10.1. The van der Waals surface area contributed by atoms with Gasteiger partial charge in [0.15, 0.2) is 16.7 Å². The summed E-state index contributed by atoms with van der Waals surface area (Å²) in [5.74, 6) is 0.969. The molecule has 3 aromatic carbocycles. The Labute approximate surface area is 209 Å². The summed E-state index contributed by atoms with van der Waals surface area (Å²) in [7, 11) is 3.19. The molecule has 1 aliphatic rings. The number of para-hydroxylation sites is 2. The molecule has 180 valence electrons. The van der Waals surface area contributed by atoms with Crippen LogP contribution in [0.15, 0.2) is 83.9 Å². The molecule has 3 aromatic rings. The van der Waals surface area contributed by atoms with E-state index in [1.54, 1.807) is 19.1 Å². The van der Waals surface area contributed by atoms with E-state index < -0.39 is 5.25 Å². The van der Waals surface area contributed by atoms with Gasteiger partial charge in [-0.3, -0.25) is 14.5 Å². The Morgan fingerprint density at radius 2 is 1.66 bits per heavy atom. The summed E-state index contributed by atoms with van der Waals surface area (Å²) in [6.07, 6.45) is 0.669. The fourth-order valence-electron chi connectivity index (χ4n) is 3.72. The number of nitrogens with one attached hydrogen (secondary N) is 1. The molecule has 1 unspecified atom stereocenters. The van der Waals surface area contributed by atoms with E-state index in [2.05, 4.69) is 5.32 Å². The summed E-state index contributed by atoms with van der Waals surface area (Å²) >= 11 is 1.33. The summed E-state index contributed by atoms with van der Waals surface area (Å²) in [6, 6.07) is 24.4. The van der Waals surface area contributed by atoms with Crippen LogP contribution in [-0.2, 0) is 16.0 Å². The monoisotopic (exact) mass is 489 g/mol. The molecule has 0 saturated carbocycles. The van der Waals surface area contributed by atoms with Crippen molar-refractivity contribution in [3.8, 4) is 11.5 Å². The van der Waals surface area contributed by atoms with Gasteiger partial charge in [-0.05, 0) is 48.4 Å². The molecule has 35 heavy (non-hydrogen) atoms. The lowest BCUT2D eigenvalue weighted by Gasteiger charge is -2.17. The maximum Gasteiger partial charge on any atom is 0.242 e. The van der Waals surface area contributed by atoms with E-state index >= 15 is 0 Å². The van der Waals surface area contributed by atoms with Crippen molar-refractivity contribution in [2.24, 2.45) is 4.99 Å². The van der Waals surface area contributed by atoms with Crippen molar-refractivity contribution in [1.29, 1.82) is 0 Å². The molecule has 0 spiro atoms. The van der Waals surface area contributed by atoms with Crippen molar-refractivity contribution in [2.45, 2.75) is 18.1 Å². The molecule has 1 saturated heterocycles. The fourth-order valence-corrected chi connectivity index (χ4v) is 4.91. The number of aliphatic imine (C=N–C) groups is 1. The van der Waals surface area contributed by atoms with Gasteiger partial charge in [0.2, 0.25) is 11.8 Å². The fraction of sp³-hybridized carbons (Fsp3) is 0.222. The van der Waals surface area contributed by atoms with E-state index in [4.69, 9.17) is 14.5 Å². The number of amidine groups is 1. The number of hydrogen-bond acceptors (Lipinski definition) is 6. The van der Waals surface area contributed by atoms with Crippen molar-refractivity contribution >= 4 is 40.1 Å². The number of benzene rings is 3. The van der Waals surface area contributed by atoms with E-state index in [9.17, 15) is 9.59 Å². The molecule has 8 heteroatoms. The Morgan fingerprint density at radius 3 is 2.34 bits per heavy atom. The highest BCUT2D eigenvalue weighted by Gasteiger charge is 2.39. The first kappa shape index (κ1) is 24.3. The molecule has 0 aromatic heterocycles. The lowest BCUT2D eigenvalue weighted by Crippen LogP contribution is -2.35. The zero-order valence-electron chi connectivity index (χ0n) is 19.6. The van der Waals surface area contributed by atoms with Crippen molar-refractivity contribution in [2.75, 3.05) is 26.1 Å². The molecule has 0 bridgehead atoms. The quantitative estimate of drug-likeness (QED) is 0.462. The number of rotatable bonds is 9. The smallest absolute Gasteiger partial charge is 0.242 e. The van der Waals surface area contributed by atoms with E-state index in [0.29, 0.717) is 35.3 Å². The second-order valence-electron chi connectivity index (χ2n) is 7.88. The number of nitrogens with zero attached hydrogens (tertiary/aromatic N) is 2. The SMILES string of the molecule is COc1ccc(CCN2C(=O)C(CC(=O)Nc3ccccc3)SC2=Nc2ccccc2)cc1OC. The number of carbonyl (C=O) groups excluding carboxylic acids is 2. The largest absolute Gasteiger partial charge is 0.493 e. The van der Waals surface area contributed by atoms with Gasteiger partial charge in [0.1, 0.15) is 5.25 Å². The van der Waals surface area contributed by atoms with E-state index in [-0.39, 0.29) is 18.2 Å². The Bertz CT molecular complexity index is 1200. The molecule has 7 nitrogen and oxygen atoms in total. The van der Waals surface area contributed by atoms with Gasteiger partial charge in [-0.15, -0.1) is 0 Å². The standard InChI is InChI=1S/C27H27N3O4S/c1-33-22-14-13-19(17-23(22)34-2)15-16-30-26(32)24(18-25(31)28-20-9-5-3-6-10-20)35-27(30)29-21-11-7-4-8-12-21/h3-14,17,24H,15-16,18H2,1-2H3,(H,28,31). The molecular weight excluding hydrogens is 462 g/mol. The van der Waals surface area contributed by atoms with Gasteiger partial charge in [-0.25, -0.2) is 4.99 Å². The van der Waals surface area contributed by atoms with Crippen LogP contribution in [-0.4, -0.2) is 47.9 Å². The highest BCUT2D eigenvalue weighted by molar-refractivity contribution is 8.15. The predicted octanol–water partition coefficient (Wildman–Crippen LogP) is 4.91. The van der Waals surface area contributed by atoms with Gasteiger partial charge >= 0.3 is 0 Å². The maximum absolute atomic E-state index is 13.3. The molecule has 1 aliphatic heterocycles. The van der Waals surface area contributed by atoms with Crippen LogP contribution in [0.25, 0.3) is 0 Å². The zero-order chi connectivity index (χ0) is 24.6. The highest BCUT2D eigenvalue weighted by atomic mass is 32.2. The van der Waals surface area contributed by atoms with Crippen LogP contribution in [0, 0.1) is 0 Å². The summed E-state index contributed by atoms with van der Waals surface area (Å²) < 4.78 is 10.7. The maximum atomic E-state index is 13.3. The first-order chi connectivity index (χ1) is 17.1. The van der Waals surface area contributed by atoms with Crippen LogP contribution in [0.2, 0.25) is 0 Å². The van der Waals surface area contributed by atoms with Crippen LogP contribution >= 0.6 is 11.8 Å². The lowest BCUT2D eigenvalue weighted by molar-refractivity contribution is -0.128. The second kappa shape index (κ2) is 11.6. The molecule has 1 heterocycles. The molecule has 4 rings (SSSR count). The predicted molar refractivity (Wildman–Crippen MR) is 140 cm³/mol. The Balaban J connectivity index is 1.50. The number of carbonyl (C=O) groups is 2. The van der Waals surface area contributed by atoms with Crippen LogP contribution < -0.4 is 14.8 Å². The minimum Gasteiger partial charge on any atom is -0.493 e.